The van der Waals surface area contributed by atoms with Crippen molar-refractivity contribution < 1.29 is 19.2 Å². The van der Waals surface area contributed by atoms with Crippen molar-refractivity contribution in [2.75, 3.05) is 9.80 Å². The first-order chi connectivity index (χ1) is 14.9. The summed E-state index contributed by atoms with van der Waals surface area (Å²) in [6.45, 7) is 3.70. The Labute approximate surface area is 180 Å². The molecule has 0 aliphatic carbocycles. The van der Waals surface area contributed by atoms with Crippen molar-refractivity contribution in [2.24, 2.45) is 0 Å². The van der Waals surface area contributed by atoms with Crippen LogP contribution in [-0.4, -0.2) is 23.6 Å². The van der Waals surface area contributed by atoms with Gasteiger partial charge in [0.15, 0.2) is 0 Å². The third-order valence-electron chi connectivity index (χ3n) is 5.55. The zero-order chi connectivity index (χ0) is 22.1. The van der Waals surface area contributed by atoms with E-state index >= 15 is 0 Å². The lowest BCUT2D eigenvalue weighted by atomic mass is 10.0. The summed E-state index contributed by atoms with van der Waals surface area (Å²) in [7, 11) is 0. The first-order valence-electron chi connectivity index (χ1n) is 10.3. The molecule has 0 bridgehead atoms. The van der Waals surface area contributed by atoms with Gasteiger partial charge in [0.2, 0.25) is 0 Å². The highest BCUT2D eigenvalue weighted by atomic mass is 16.2. The molecule has 0 spiro atoms. The molecule has 6 heteroatoms. The Kier molecular flexibility index (Phi) is 5.38. The second-order valence-corrected chi connectivity index (χ2v) is 7.51. The summed E-state index contributed by atoms with van der Waals surface area (Å²) in [6.07, 6.45) is 4.49. The van der Waals surface area contributed by atoms with E-state index in [1.807, 2.05) is 38.1 Å². The average Bonchev–Trinajstić information content (AvgIpc) is 3.23. The molecular formula is C25H22N2O4. The quantitative estimate of drug-likeness (QED) is 0.676. The number of imide groups is 2. The molecule has 2 aromatic rings. The third-order valence-corrected chi connectivity index (χ3v) is 5.55. The van der Waals surface area contributed by atoms with Crippen molar-refractivity contribution in [1.82, 2.24) is 0 Å². The van der Waals surface area contributed by atoms with Crippen LogP contribution in [0.3, 0.4) is 0 Å². The molecule has 4 rings (SSSR count). The molecule has 0 fully saturated rings. The van der Waals surface area contributed by atoms with Crippen LogP contribution in [0, 0.1) is 0 Å². The topological polar surface area (TPSA) is 74.8 Å². The Morgan fingerprint density at radius 2 is 0.935 bits per heavy atom. The fourth-order valence-corrected chi connectivity index (χ4v) is 3.80. The Balaban J connectivity index is 1.45. The predicted octanol–water partition coefficient (Wildman–Crippen LogP) is 3.70. The summed E-state index contributed by atoms with van der Waals surface area (Å²) in [6, 6.07) is 14.6. The summed E-state index contributed by atoms with van der Waals surface area (Å²) in [4.78, 5) is 51.3. The molecule has 0 aromatic heterocycles. The van der Waals surface area contributed by atoms with E-state index in [4.69, 9.17) is 0 Å². The summed E-state index contributed by atoms with van der Waals surface area (Å²) in [5, 5.41) is 0. The van der Waals surface area contributed by atoms with E-state index in [0.717, 1.165) is 11.1 Å². The lowest BCUT2D eigenvalue weighted by Gasteiger charge is -2.16. The monoisotopic (exact) mass is 414 g/mol. The molecule has 0 N–H and O–H groups in total. The molecule has 0 saturated carbocycles. The van der Waals surface area contributed by atoms with Crippen LogP contribution in [0.4, 0.5) is 11.4 Å². The van der Waals surface area contributed by atoms with Gasteiger partial charge in [-0.2, -0.15) is 0 Å². The van der Waals surface area contributed by atoms with E-state index < -0.39 is 0 Å². The van der Waals surface area contributed by atoms with Crippen LogP contribution in [0.25, 0.3) is 0 Å². The normalized spacial score (nSPS) is 16.3. The molecule has 156 valence electrons. The summed E-state index contributed by atoms with van der Waals surface area (Å²) >= 11 is 0. The second-order valence-electron chi connectivity index (χ2n) is 7.51. The number of benzene rings is 2. The number of hydrogen-bond donors (Lipinski definition) is 0. The van der Waals surface area contributed by atoms with Crippen molar-refractivity contribution in [1.29, 1.82) is 0 Å². The molecule has 2 aliphatic heterocycles. The highest BCUT2D eigenvalue weighted by Gasteiger charge is 2.32. The van der Waals surface area contributed by atoms with Gasteiger partial charge in [-0.3, -0.25) is 19.2 Å². The summed E-state index contributed by atoms with van der Waals surface area (Å²) in [5.74, 6) is -1.14. The highest BCUT2D eigenvalue weighted by Crippen LogP contribution is 2.27. The lowest BCUT2D eigenvalue weighted by Crippen LogP contribution is -2.30. The van der Waals surface area contributed by atoms with Crippen LogP contribution < -0.4 is 9.80 Å². The number of carbonyl (C=O) groups excluding carboxylic acids is 4. The van der Waals surface area contributed by atoms with Crippen molar-refractivity contribution in [3.05, 3.63) is 83.0 Å². The highest BCUT2D eigenvalue weighted by molar-refractivity contribution is 6.31. The predicted molar refractivity (Wildman–Crippen MR) is 117 cm³/mol. The fourth-order valence-electron chi connectivity index (χ4n) is 3.80. The van der Waals surface area contributed by atoms with Crippen molar-refractivity contribution in [2.45, 2.75) is 33.1 Å². The Morgan fingerprint density at radius 1 is 0.581 bits per heavy atom. The average molecular weight is 414 g/mol. The Bertz CT molecular complexity index is 1050. The number of rotatable bonds is 6. The van der Waals surface area contributed by atoms with Gasteiger partial charge in [0.05, 0.1) is 11.4 Å². The molecule has 2 heterocycles. The maximum absolute atomic E-state index is 12.3. The van der Waals surface area contributed by atoms with Gasteiger partial charge in [-0.05, 0) is 54.7 Å². The van der Waals surface area contributed by atoms with Crippen LogP contribution in [0.2, 0.25) is 0 Å². The van der Waals surface area contributed by atoms with E-state index in [-0.39, 0.29) is 23.6 Å². The molecular weight excluding hydrogens is 392 g/mol. The Hall–Kier alpha value is -3.80. The minimum atomic E-state index is -0.308. The smallest absolute Gasteiger partial charge is 0.261 e. The molecule has 2 aliphatic rings. The van der Waals surface area contributed by atoms with Crippen LogP contribution >= 0.6 is 0 Å². The molecule has 0 unspecified atom stereocenters. The Morgan fingerprint density at radius 3 is 1.23 bits per heavy atom. The molecule has 0 radical (unpaired) electrons. The summed E-state index contributed by atoms with van der Waals surface area (Å²) in [5.41, 5.74) is 4.18. The van der Waals surface area contributed by atoms with Crippen molar-refractivity contribution in [3.63, 3.8) is 0 Å². The molecule has 2 aromatic carbocycles. The second kappa shape index (κ2) is 8.14. The van der Waals surface area contributed by atoms with Gasteiger partial charge in [0.25, 0.3) is 23.6 Å². The van der Waals surface area contributed by atoms with Gasteiger partial charge in [0, 0.05) is 23.3 Å². The maximum atomic E-state index is 12.3. The number of nitrogens with zero attached hydrogens (tertiary/aromatic N) is 2. The van der Waals surface area contributed by atoms with Crippen LogP contribution in [-0.2, 0) is 25.6 Å². The largest absolute Gasteiger partial charge is 0.269 e. The fraction of sp³-hybridized carbons (Fsp3) is 0.200. The first-order valence-corrected chi connectivity index (χ1v) is 10.3. The standard InChI is InChI=1S/C25H22N2O4/c1-3-18-14-22(28)26(24(18)30)20-9-5-16(6-10-20)13-17-7-11-21(12-8-17)27-23(29)15-19(4-2)25(27)31/h5-12,14-15H,3-4,13H2,1-2H3. The van der Waals surface area contributed by atoms with Gasteiger partial charge in [0.1, 0.15) is 0 Å². The molecule has 4 amide bonds. The molecule has 0 atom stereocenters. The zero-order valence-corrected chi connectivity index (χ0v) is 17.4. The minimum Gasteiger partial charge on any atom is -0.269 e. The van der Waals surface area contributed by atoms with Crippen LogP contribution in [0.15, 0.2) is 71.8 Å². The number of amides is 4. The SMILES string of the molecule is CCC1=CC(=O)N(c2ccc(Cc3ccc(N4C(=O)C=C(CC)C4=O)cc3)cc2)C1=O. The maximum Gasteiger partial charge on any atom is 0.261 e. The summed E-state index contributed by atoms with van der Waals surface area (Å²) < 4.78 is 0. The van der Waals surface area contributed by atoms with Crippen molar-refractivity contribution >= 4 is 35.0 Å². The number of anilines is 2. The van der Waals surface area contributed by atoms with Gasteiger partial charge in [-0.15, -0.1) is 0 Å². The van der Waals surface area contributed by atoms with E-state index in [0.29, 0.717) is 41.8 Å². The lowest BCUT2D eigenvalue weighted by molar-refractivity contribution is -0.122. The minimum absolute atomic E-state index is 0.262. The third kappa shape index (κ3) is 3.72. The van der Waals surface area contributed by atoms with Gasteiger partial charge in [-0.25, -0.2) is 9.80 Å². The zero-order valence-electron chi connectivity index (χ0n) is 17.4. The molecule has 0 saturated heterocycles. The van der Waals surface area contributed by atoms with Crippen molar-refractivity contribution in [3.8, 4) is 0 Å². The van der Waals surface area contributed by atoms with Gasteiger partial charge in [-0.1, -0.05) is 38.1 Å². The molecule has 6 nitrogen and oxygen atoms in total. The van der Waals surface area contributed by atoms with Crippen LogP contribution in [0.1, 0.15) is 37.8 Å². The van der Waals surface area contributed by atoms with E-state index in [2.05, 4.69) is 0 Å². The van der Waals surface area contributed by atoms with Gasteiger partial charge < -0.3 is 0 Å². The van der Waals surface area contributed by atoms with E-state index in [1.165, 1.54) is 22.0 Å². The van der Waals surface area contributed by atoms with Gasteiger partial charge >= 0.3 is 0 Å². The van der Waals surface area contributed by atoms with E-state index in [1.54, 1.807) is 24.3 Å². The number of carbonyl (C=O) groups is 4. The van der Waals surface area contributed by atoms with E-state index in [9.17, 15) is 19.2 Å². The van der Waals surface area contributed by atoms with Crippen LogP contribution in [0.5, 0.6) is 0 Å². The molecule has 31 heavy (non-hydrogen) atoms. The number of hydrogen-bond acceptors (Lipinski definition) is 4. The first kappa shape index (κ1) is 20.5.